The Morgan fingerprint density at radius 1 is 1.10 bits per heavy atom. The van der Waals surface area contributed by atoms with Gasteiger partial charge in [0.25, 0.3) is 0 Å². The Bertz CT molecular complexity index is 483. The monoisotopic (exact) mass is 298 g/mol. The molecule has 0 radical (unpaired) electrons. The molecule has 2 saturated heterocycles. The number of piperazine rings is 1. The van der Waals surface area contributed by atoms with Gasteiger partial charge in [-0.05, 0) is 44.0 Å². The summed E-state index contributed by atoms with van der Waals surface area (Å²) < 4.78 is 37.7. The van der Waals surface area contributed by atoms with Crippen molar-refractivity contribution in [2.45, 2.75) is 44.6 Å². The highest BCUT2D eigenvalue weighted by molar-refractivity contribution is 5.24. The zero-order chi connectivity index (χ0) is 15.0. The Kier molecular flexibility index (Phi) is 3.97. The summed E-state index contributed by atoms with van der Waals surface area (Å²) in [6, 6.07) is 6.68. The second-order valence-electron chi connectivity index (χ2n) is 6.15. The lowest BCUT2D eigenvalue weighted by atomic mass is 10.0. The second kappa shape index (κ2) is 5.61. The Hall–Kier alpha value is -1.07. The number of fused-ring (bicyclic) bond motifs is 1. The van der Waals surface area contributed by atoms with E-state index in [1.807, 2.05) is 0 Å². The van der Waals surface area contributed by atoms with E-state index in [0.29, 0.717) is 12.1 Å². The predicted octanol–water partition coefficient (Wildman–Crippen LogP) is 3.37. The van der Waals surface area contributed by atoms with Gasteiger partial charge in [-0.25, -0.2) is 0 Å². The summed E-state index contributed by atoms with van der Waals surface area (Å²) in [6.07, 6.45) is -1.74. The molecule has 2 heterocycles. The van der Waals surface area contributed by atoms with Crippen molar-refractivity contribution in [3.05, 3.63) is 35.4 Å². The number of hydrogen-bond acceptors (Lipinski definition) is 2. The highest BCUT2D eigenvalue weighted by atomic mass is 19.4. The quantitative estimate of drug-likeness (QED) is 0.826. The van der Waals surface area contributed by atoms with Gasteiger partial charge in [0.15, 0.2) is 0 Å². The van der Waals surface area contributed by atoms with E-state index in [4.69, 9.17) is 0 Å². The standard InChI is InChI=1S/C16H21F3N2/c1-12-15-3-2-8-20(15)9-10-21(12)11-13-4-6-14(7-5-13)16(17,18)19/h4-7,12,15H,2-3,8-11H2,1H3. The van der Waals surface area contributed by atoms with Crippen molar-refractivity contribution in [3.63, 3.8) is 0 Å². The van der Waals surface area contributed by atoms with Gasteiger partial charge in [-0.15, -0.1) is 0 Å². The van der Waals surface area contributed by atoms with Crippen molar-refractivity contribution in [2.75, 3.05) is 19.6 Å². The van der Waals surface area contributed by atoms with Crippen molar-refractivity contribution in [3.8, 4) is 0 Å². The zero-order valence-electron chi connectivity index (χ0n) is 12.2. The molecule has 0 N–H and O–H groups in total. The molecule has 0 amide bonds. The minimum atomic E-state index is -4.25. The van der Waals surface area contributed by atoms with Crippen molar-refractivity contribution < 1.29 is 13.2 Å². The van der Waals surface area contributed by atoms with Crippen LogP contribution < -0.4 is 0 Å². The van der Waals surface area contributed by atoms with Gasteiger partial charge in [0, 0.05) is 31.7 Å². The van der Waals surface area contributed by atoms with Crippen LogP contribution in [0.5, 0.6) is 0 Å². The first-order valence-electron chi connectivity index (χ1n) is 7.59. The van der Waals surface area contributed by atoms with Crippen LogP contribution in [0, 0.1) is 0 Å². The zero-order valence-corrected chi connectivity index (χ0v) is 12.2. The molecule has 5 heteroatoms. The molecule has 2 atom stereocenters. The first-order valence-corrected chi connectivity index (χ1v) is 7.59. The lowest BCUT2D eigenvalue weighted by Crippen LogP contribution is -2.55. The van der Waals surface area contributed by atoms with E-state index in [2.05, 4.69) is 16.7 Å². The van der Waals surface area contributed by atoms with E-state index < -0.39 is 11.7 Å². The largest absolute Gasteiger partial charge is 0.416 e. The molecule has 0 spiro atoms. The smallest absolute Gasteiger partial charge is 0.298 e. The number of benzene rings is 1. The molecule has 0 bridgehead atoms. The Morgan fingerprint density at radius 2 is 1.81 bits per heavy atom. The third-order valence-electron chi connectivity index (χ3n) is 4.89. The van der Waals surface area contributed by atoms with Gasteiger partial charge >= 0.3 is 6.18 Å². The van der Waals surface area contributed by atoms with E-state index >= 15 is 0 Å². The molecule has 2 aliphatic rings. The molecule has 0 aliphatic carbocycles. The summed E-state index contributed by atoms with van der Waals surface area (Å²) in [5.41, 5.74) is 0.390. The molecule has 3 rings (SSSR count). The van der Waals surface area contributed by atoms with Crippen molar-refractivity contribution in [1.82, 2.24) is 9.80 Å². The molecule has 1 aromatic carbocycles. The number of halogens is 3. The highest BCUT2D eigenvalue weighted by Gasteiger charge is 2.36. The van der Waals surface area contributed by atoms with Crippen LogP contribution in [0.1, 0.15) is 30.9 Å². The first kappa shape index (κ1) is 14.9. The van der Waals surface area contributed by atoms with Crippen LogP contribution in [0.15, 0.2) is 24.3 Å². The fraction of sp³-hybridized carbons (Fsp3) is 0.625. The third kappa shape index (κ3) is 3.09. The average Bonchev–Trinajstić information content (AvgIpc) is 2.91. The van der Waals surface area contributed by atoms with Crippen LogP contribution in [0.3, 0.4) is 0 Å². The fourth-order valence-corrected chi connectivity index (χ4v) is 3.64. The summed E-state index contributed by atoms with van der Waals surface area (Å²) in [4.78, 5) is 4.95. The number of rotatable bonds is 2. The molecule has 116 valence electrons. The summed E-state index contributed by atoms with van der Waals surface area (Å²) in [5, 5.41) is 0. The lowest BCUT2D eigenvalue weighted by Gasteiger charge is -2.43. The maximum Gasteiger partial charge on any atom is 0.416 e. The second-order valence-corrected chi connectivity index (χ2v) is 6.15. The van der Waals surface area contributed by atoms with Gasteiger partial charge in [0.05, 0.1) is 5.56 Å². The molecule has 2 fully saturated rings. The van der Waals surface area contributed by atoms with Crippen LogP contribution in [0.4, 0.5) is 13.2 Å². The van der Waals surface area contributed by atoms with E-state index in [1.165, 1.54) is 31.5 Å². The van der Waals surface area contributed by atoms with Crippen LogP contribution in [0.25, 0.3) is 0 Å². The topological polar surface area (TPSA) is 6.48 Å². The van der Waals surface area contributed by atoms with Gasteiger partial charge in [-0.2, -0.15) is 13.2 Å². The minimum absolute atomic E-state index is 0.476. The highest BCUT2D eigenvalue weighted by Crippen LogP contribution is 2.30. The molecule has 21 heavy (non-hydrogen) atoms. The molecule has 2 unspecified atom stereocenters. The summed E-state index contributed by atoms with van der Waals surface area (Å²) in [5.74, 6) is 0. The maximum absolute atomic E-state index is 12.6. The third-order valence-corrected chi connectivity index (χ3v) is 4.89. The summed E-state index contributed by atoms with van der Waals surface area (Å²) in [7, 11) is 0. The van der Waals surface area contributed by atoms with E-state index in [1.54, 1.807) is 12.1 Å². The Balaban J connectivity index is 1.66. The van der Waals surface area contributed by atoms with Crippen molar-refractivity contribution in [1.29, 1.82) is 0 Å². The molecule has 0 saturated carbocycles. The average molecular weight is 298 g/mol. The molecule has 1 aromatic rings. The SMILES string of the molecule is CC1C2CCCN2CCN1Cc1ccc(C(F)(F)F)cc1. The molecule has 2 nitrogen and oxygen atoms in total. The van der Waals surface area contributed by atoms with Gasteiger partial charge < -0.3 is 0 Å². The van der Waals surface area contributed by atoms with Crippen LogP contribution in [0.2, 0.25) is 0 Å². The minimum Gasteiger partial charge on any atom is -0.298 e. The van der Waals surface area contributed by atoms with Crippen molar-refractivity contribution >= 4 is 0 Å². The van der Waals surface area contributed by atoms with Gasteiger partial charge in [0.1, 0.15) is 0 Å². The van der Waals surface area contributed by atoms with Gasteiger partial charge in [-0.3, -0.25) is 9.80 Å². The Morgan fingerprint density at radius 3 is 2.48 bits per heavy atom. The van der Waals surface area contributed by atoms with E-state index in [0.717, 1.165) is 25.2 Å². The number of hydrogen-bond donors (Lipinski definition) is 0. The maximum atomic E-state index is 12.6. The number of nitrogens with zero attached hydrogens (tertiary/aromatic N) is 2. The van der Waals surface area contributed by atoms with Crippen LogP contribution in [-0.4, -0.2) is 41.5 Å². The number of alkyl halides is 3. The lowest BCUT2D eigenvalue weighted by molar-refractivity contribution is -0.137. The van der Waals surface area contributed by atoms with E-state index in [9.17, 15) is 13.2 Å². The normalized spacial score (nSPS) is 27.8. The van der Waals surface area contributed by atoms with Crippen molar-refractivity contribution in [2.24, 2.45) is 0 Å². The van der Waals surface area contributed by atoms with Crippen LogP contribution >= 0.6 is 0 Å². The van der Waals surface area contributed by atoms with Gasteiger partial charge in [-0.1, -0.05) is 12.1 Å². The summed E-state index contributed by atoms with van der Waals surface area (Å²) in [6.45, 7) is 6.26. The van der Waals surface area contributed by atoms with Gasteiger partial charge in [0.2, 0.25) is 0 Å². The molecular weight excluding hydrogens is 277 g/mol. The van der Waals surface area contributed by atoms with Crippen LogP contribution in [-0.2, 0) is 12.7 Å². The predicted molar refractivity (Wildman–Crippen MR) is 75.9 cm³/mol. The molecular formula is C16H21F3N2. The first-order chi connectivity index (χ1) is 9.95. The molecule has 0 aromatic heterocycles. The summed E-state index contributed by atoms with van der Waals surface area (Å²) >= 11 is 0. The van der Waals surface area contributed by atoms with E-state index in [-0.39, 0.29) is 0 Å². The fourth-order valence-electron chi connectivity index (χ4n) is 3.64. The molecule has 2 aliphatic heterocycles. The Labute approximate surface area is 123 Å².